The first-order valence-electron chi connectivity index (χ1n) is 11.6. The number of aromatic amines is 1. The van der Waals surface area contributed by atoms with Gasteiger partial charge in [0, 0.05) is 49.2 Å². The van der Waals surface area contributed by atoms with Crippen LogP contribution < -0.4 is 15.5 Å². The highest BCUT2D eigenvalue weighted by Gasteiger charge is 2.22. The van der Waals surface area contributed by atoms with Crippen LogP contribution in [0.5, 0.6) is 0 Å². The molecule has 1 aliphatic carbocycles. The van der Waals surface area contributed by atoms with Crippen LogP contribution in [0.15, 0.2) is 54.7 Å². The van der Waals surface area contributed by atoms with Gasteiger partial charge in [-0.05, 0) is 61.9 Å². The van der Waals surface area contributed by atoms with E-state index in [0.29, 0.717) is 6.04 Å². The Morgan fingerprint density at radius 1 is 0.939 bits per heavy atom. The molecule has 0 amide bonds. The first kappa shape index (κ1) is 23.1. The number of para-hydroxylation sites is 2. The number of nitrogens with zero attached hydrogens (tertiary/aromatic N) is 3. The lowest BCUT2D eigenvalue weighted by atomic mass is 9.86. The number of benzene rings is 2. The van der Waals surface area contributed by atoms with Crippen molar-refractivity contribution in [1.29, 1.82) is 0 Å². The Balaban J connectivity index is 0.00000259. The molecule has 33 heavy (non-hydrogen) atoms. The SMILES string of the molecule is C.CN(C)c1nc(NC2CCC(CNCc3c[nH]c4ccccc34)CC2)nc2ccccc12. The highest BCUT2D eigenvalue weighted by molar-refractivity contribution is 5.90. The summed E-state index contributed by atoms with van der Waals surface area (Å²) in [6, 6.07) is 17.2. The Morgan fingerprint density at radius 2 is 1.67 bits per heavy atom. The lowest BCUT2D eigenvalue weighted by molar-refractivity contribution is 0.324. The van der Waals surface area contributed by atoms with E-state index in [-0.39, 0.29) is 7.43 Å². The number of anilines is 2. The first-order valence-corrected chi connectivity index (χ1v) is 11.6. The summed E-state index contributed by atoms with van der Waals surface area (Å²) in [4.78, 5) is 15.0. The standard InChI is InChI=1S/C26H32N6.CH4/c1-32(2)25-22-8-4-6-10-24(22)30-26(31-25)29-20-13-11-18(12-14-20)15-27-16-19-17-28-23-9-5-3-7-21(19)23;/h3-10,17-18,20,27-28H,11-16H2,1-2H3,(H,29,30,31);1H4. The number of hydrogen-bond acceptors (Lipinski definition) is 5. The summed E-state index contributed by atoms with van der Waals surface area (Å²) in [5.74, 6) is 2.44. The van der Waals surface area contributed by atoms with E-state index in [4.69, 9.17) is 9.97 Å². The van der Waals surface area contributed by atoms with Crippen LogP contribution in [0.4, 0.5) is 11.8 Å². The molecule has 0 spiro atoms. The van der Waals surface area contributed by atoms with Gasteiger partial charge in [-0.3, -0.25) is 0 Å². The maximum absolute atomic E-state index is 4.80. The number of hydrogen-bond donors (Lipinski definition) is 3. The second kappa shape index (κ2) is 10.2. The lowest BCUT2D eigenvalue weighted by Crippen LogP contribution is -2.31. The summed E-state index contributed by atoms with van der Waals surface area (Å²) in [7, 11) is 4.07. The molecule has 5 rings (SSSR count). The van der Waals surface area contributed by atoms with Crippen LogP contribution in [0.2, 0.25) is 0 Å². The molecule has 0 aliphatic heterocycles. The minimum absolute atomic E-state index is 0. The van der Waals surface area contributed by atoms with E-state index < -0.39 is 0 Å². The van der Waals surface area contributed by atoms with Gasteiger partial charge >= 0.3 is 0 Å². The fraction of sp³-hybridized carbons (Fsp3) is 0.407. The zero-order chi connectivity index (χ0) is 21.9. The van der Waals surface area contributed by atoms with Gasteiger partial charge < -0.3 is 20.5 Å². The topological polar surface area (TPSA) is 68.9 Å². The largest absolute Gasteiger partial charge is 0.362 e. The minimum atomic E-state index is 0. The van der Waals surface area contributed by atoms with Crippen LogP contribution in [0, 0.1) is 5.92 Å². The van der Waals surface area contributed by atoms with E-state index in [9.17, 15) is 0 Å². The van der Waals surface area contributed by atoms with E-state index in [1.54, 1.807) is 0 Å². The van der Waals surface area contributed by atoms with Crippen LogP contribution in [0.1, 0.15) is 38.7 Å². The lowest BCUT2D eigenvalue weighted by Gasteiger charge is -2.29. The molecule has 1 fully saturated rings. The number of rotatable bonds is 7. The molecule has 2 aromatic heterocycles. The summed E-state index contributed by atoms with van der Waals surface area (Å²) in [5.41, 5.74) is 3.55. The molecule has 0 bridgehead atoms. The van der Waals surface area contributed by atoms with Gasteiger partial charge in [0.1, 0.15) is 5.82 Å². The third-order valence-electron chi connectivity index (χ3n) is 6.61. The van der Waals surface area contributed by atoms with Gasteiger partial charge in [0.05, 0.1) is 5.52 Å². The second-order valence-corrected chi connectivity index (χ2v) is 9.13. The van der Waals surface area contributed by atoms with Crippen molar-refractivity contribution < 1.29 is 0 Å². The number of aromatic nitrogens is 3. The highest BCUT2D eigenvalue weighted by atomic mass is 15.2. The maximum Gasteiger partial charge on any atom is 0.225 e. The Bertz CT molecular complexity index is 1190. The Hall–Kier alpha value is -3.12. The summed E-state index contributed by atoms with van der Waals surface area (Å²) < 4.78 is 0. The zero-order valence-electron chi connectivity index (χ0n) is 18.9. The van der Waals surface area contributed by atoms with Crippen molar-refractivity contribution in [3.63, 3.8) is 0 Å². The van der Waals surface area contributed by atoms with Crippen LogP contribution in [0.3, 0.4) is 0 Å². The van der Waals surface area contributed by atoms with Crippen LogP contribution in [-0.2, 0) is 6.54 Å². The highest BCUT2D eigenvalue weighted by Crippen LogP contribution is 2.28. The van der Waals surface area contributed by atoms with Gasteiger partial charge in [0.25, 0.3) is 0 Å². The van der Waals surface area contributed by atoms with Crippen molar-refractivity contribution in [3.8, 4) is 0 Å². The summed E-state index contributed by atoms with van der Waals surface area (Å²) in [6.45, 7) is 1.99. The third-order valence-corrected chi connectivity index (χ3v) is 6.61. The fourth-order valence-electron chi connectivity index (χ4n) is 4.85. The van der Waals surface area contributed by atoms with Crippen LogP contribution in [0.25, 0.3) is 21.8 Å². The molecule has 1 aliphatic rings. The van der Waals surface area contributed by atoms with Crippen molar-refractivity contribution in [2.24, 2.45) is 5.92 Å². The monoisotopic (exact) mass is 444 g/mol. The van der Waals surface area contributed by atoms with Crippen molar-refractivity contribution in [3.05, 3.63) is 60.3 Å². The predicted octanol–water partition coefficient (Wildman–Crippen LogP) is 5.57. The number of nitrogens with one attached hydrogen (secondary N) is 3. The van der Waals surface area contributed by atoms with Gasteiger partial charge in [0.15, 0.2) is 0 Å². The molecule has 6 nitrogen and oxygen atoms in total. The van der Waals surface area contributed by atoms with Crippen LogP contribution >= 0.6 is 0 Å². The fourth-order valence-corrected chi connectivity index (χ4v) is 4.85. The van der Waals surface area contributed by atoms with Crippen LogP contribution in [-0.4, -0.2) is 41.6 Å². The average Bonchev–Trinajstić information content (AvgIpc) is 3.23. The van der Waals surface area contributed by atoms with Gasteiger partial charge in [0.2, 0.25) is 5.95 Å². The molecule has 2 heterocycles. The normalized spacial score (nSPS) is 18.2. The smallest absolute Gasteiger partial charge is 0.225 e. The molecule has 4 aromatic rings. The van der Waals surface area contributed by atoms with E-state index in [2.05, 4.69) is 63.1 Å². The minimum Gasteiger partial charge on any atom is -0.362 e. The number of H-pyrrole nitrogens is 1. The maximum atomic E-state index is 4.80. The Morgan fingerprint density at radius 3 is 2.45 bits per heavy atom. The van der Waals surface area contributed by atoms with E-state index in [1.807, 2.05) is 26.2 Å². The molecular formula is C27H36N6. The molecule has 0 radical (unpaired) electrons. The van der Waals surface area contributed by atoms with Gasteiger partial charge in [-0.25, -0.2) is 4.98 Å². The summed E-state index contributed by atoms with van der Waals surface area (Å²) in [5, 5.41) is 9.71. The molecule has 0 atom stereocenters. The molecule has 6 heteroatoms. The molecular weight excluding hydrogens is 408 g/mol. The molecule has 174 valence electrons. The third kappa shape index (κ3) is 5.11. The van der Waals surface area contributed by atoms with Crippen molar-refractivity contribution in [1.82, 2.24) is 20.3 Å². The van der Waals surface area contributed by atoms with E-state index in [1.165, 1.54) is 29.3 Å². The van der Waals surface area contributed by atoms with Crippen molar-refractivity contribution in [2.75, 3.05) is 30.9 Å². The quantitative estimate of drug-likeness (QED) is 0.347. The molecule has 0 saturated heterocycles. The van der Waals surface area contributed by atoms with Gasteiger partial charge in [-0.1, -0.05) is 37.8 Å². The molecule has 1 saturated carbocycles. The molecule has 0 unspecified atom stereocenters. The summed E-state index contributed by atoms with van der Waals surface area (Å²) in [6.07, 6.45) is 6.91. The van der Waals surface area contributed by atoms with Gasteiger partial charge in [-0.2, -0.15) is 4.98 Å². The zero-order valence-corrected chi connectivity index (χ0v) is 18.9. The predicted molar refractivity (Wildman–Crippen MR) is 140 cm³/mol. The molecule has 3 N–H and O–H groups in total. The van der Waals surface area contributed by atoms with E-state index >= 15 is 0 Å². The van der Waals surface area contributed by atoms with Gasteiger partial charge in [-0.15, -0.1) is 0 Å². The van der Waals surface area contributed by atoms with Crippen molar-refractivity contribution >= 4 is 33.6 Å². The molecule has 2 aromatic carbocycles. The van der Waals surface area contributed by atoms with E-state index in [0.717, 1.165) is 54.5 Å². The Labute approximate surface area is 196 Å². The van der Waals surface area contributed by atoms with Crippen molar-refractivity contribution in [2.45, 2.75) is 45.7 Å². The Kier molecular flexibility index (Phi) is 7.14. The second-order valence-electron chi connectivity index (χ2n) is 9.13. The number of fused-ring (bicyclic) bond motifs is 2. The first-order chi connectivity index (χ1) is 15.7. The average molecular weight is 445 g/mol. The summed E-state index contributed by atoms with van der Waals surface area (Å²) >= 11 is 0.